The molecular weight excluding hydrogens is 496 g/mol. The molecule has 0 aromatic carbocycles. The zero-order chi connectivity index (χ0) is 27.1. The van der Waals surface area contributed by atoms with Crippen LogP contribution in [-0.2, 0) is 16.1 Å². The number of morpholine rings is 1. The Morgan fingerprint density at radius 3 is 2.55 bits per heavy atom. The first kappa shape index (κ1) is 28.7. The Hall–Kier alpha value is -2.30. The Morgan fingerprint density at radius 1 is 1.18 bits per heavy atom. The van der Waals surface area contributed by atoms with Crippen LogP contribution in [0.15, 0.2) is 35.6 Å². The molecular formula is C29H44N6O2S. The summed E-state index contributed by atoms with van der Waals surface area (Å²) in [5, 5.41) is 0. The molecule has 0 unspecified atom stereocenters. The van der Waals surface area contributed by atoms with E-state index in [1.54, 1.807) is 7.11 Å². The molecule has 38 heavy (non-hydrogen) atoms. The largest absolute Gasteiger partial charge is 0.378 e. The van der Waals surface area contributed by atoms with Gasteiger partial charge in [-0.15, -0.1) is 11.3 Å². The fourth-order valence-corrected chi connectivity index (χ4v) is 6.26. The second kappa shape index (κ2) is 13.7. The first-order valence-electron chi connectivity index (χ1n) is 13.8. The van der Waals surface area contributed by atoms with Gasteiger partial charge in [-0.05, 0) is 58.8 Å². The van der Waals surface area contributed by atoms with Crippen LogP contribution in [0.3, 0.4) is 0 Å². The lowest BCUT2D eigenvalue weighted by atomic mass is 10.0. The number of hydrogen-bond acceptors (Lipinski definition) is 9. The lowest BCUT2D eigenvalue weighted by molar-refractivity contribution is 0.122. The maximum absolute atomic E-state index is 5.66. The van der Waals surface area contributed by atoms with Gasteiger partial charge in [-0.2, -0.15) is 0 Å². The van der Waals surface area contributed by atoms with Crippen LogP contribution >= 0.6 is 11.3 Å². The van der Waals surface area contributed by atoms with E-state index in [-0.39, 0.29) is 0 Å². The summed E-state index contributed by atoms with van der Waals surface area (Å²) in [6.07, 6.45) is 9.61. The second-order valence-corrected chi connectivity index (χ2v) is 11.6. The van der Waals surface area contributed by atoms with Gasteiger partial charge in [0.15, 0.2) is 11.6 Å². The smallest absolute Gasteiger partial charge is 0.164 e. The molecule has 2 saturated heterocycles. The van der Waals surface area contributed by atoms with Crippen LogP contribution in [0.1, 0.15) is 50.7 Å². The van der Waals surface area contributed by atoms with Crippen molar-refractivity contribution in [3.8, 4) is 0 Å². The van der Waals surface area contributed by atoms with E-state index >= 15 is 0 Å². The van der Waals surface area contributed by atoms with E-state index < -0.39 is 0 Å². The zero-order valence-electron chi connectivity index (χ0n) is 23.9. The number of fused-ring (bicyclic) bond motifs is 1. The topological polar surface area (TPSA) is 66.0 Å². The predicted molar refractivity (Wildman–Crippen MR) is 158 cm³/mol. The van der Waals surface area contributed by atoms with Gasteiger partial charge in [0, 0.05) is 55.4 Å². The number of nitrogens with one attached hydrogen (secondary N) is 1. The fourth-order valence-electron chi connectivity index (χ4n) is 5.11. The fraction of sp³-hybridized carbons (Fsp3) is 0.586. The molecule has 8 nitrogen and oxygen atoms in total. The molecule has 0 spiro atoms. The number of thiophene rings is 1. The summed E-state index contributed by atoms with van der Waals surface area (Å²) in [4.78, 5) is 24.2. The molecule has 208 valence electrons. The highest BCUT2D eigenvalue weighted by molar-refractivity contribution is 7.19. The highest BCUT2D eigenvalue weighted by atomic mass is 32.1. The minimum Gasteiger partial charge on any atom is -0.378 e. The van der Waals surface area contributed by atoms with Crippen molar-refractivity contribution in [1.82, 2.24) is 25.2 Å². The van der Waals surface area contributed by atoms with Crippen molar-refractivity contribution in [3.05, 3.63) is 46.3 Å². The normalized spacial score (nSPS) is 18.2. The number of aromatic nitrogens is 2. The Morgan fingerprint density at radius 2 is 1.92 bits per heavy atom. The quantitative estimate of drug-likeness (QED) is 0.339. The molecule has 0 bridgehead atoms. The Labute approximate surface area is 232 Å². The van der Waals surface area contributed by atoms with Crippen molar-refractivity contribution < 1.29 is 9.57 Å². The van der Waals surface area contributed by atoms with Gasteiger partial charge in [0.05, 0.1) is 30.5 Å². The summed E-state index contributed by atoms with van der Waals surface area (Å²) >= 11 is 1.84. The molecule has 0 amide bonds. The Kier molecular flexibility index (Phi) is 10.3. The molecule has 2 aliphatic rings. The van der Waals surface area contributed by atoms with Crippen molar-refractivity contribution in [1.29, 1.82) is 0 Å². The number of hydroxylamine groups is 1. The molecule has 4 heterocycles. The van der Waals surface area contributed by atoms with Crippen LogP contribution in [-0.4, -0.2) is 86.4 Å². The van der Waals surface area contributed by atoms with Crippen molar-refractivity contribution in [2.45, 2.75) is 52.6 Å². The SMILES string of the molecule is CC/C=C\C(=C(C)C)/C(=C\NOC)c1nc(N2CCOCC2)c2sc(CN3CCC(N(C)C)CC3)cc2n1. The second-order valence-electron chi connectivity index (χ2n) is 10.5. The van der Waals surface area contributed by atoms with Crippen molar-refractivity contribution in [3.63, 3.8) is 0 Å². The van der Waals surface area contributed by atoms with Gasteiger partial charge >= 0.3 is 0 Å². The lowest BCUT2D eigenvalue weighted by Crippen LogP contribution is -2.41. The summed E-state index contributed by atoms with van der Waals surface area (Å²) in [6, 6.07) is 2.96. The summed E-state index contributed by atoms with van der Waals surface area (Å²) < 4.78 is 6.83. The number of rotatable bonds is 10. The first-order chi connectivity index (χ1) is 18.4. The van der Waals surface area contributed by atoms with Crippen LogP contribution in [0, 0.1) is 0 Å². The standard InChI is InChI=1S/C29H44N6O2S/c1-7-8-9-24(21(2)3)25(19-30-36-6)28-31-26-18-23(20-34-12-10-22(11-13-34)33(4)5)38-27(26)29(32-28)35-14-16-37-17-15-35/h8-9,18-19,22,30H,7,10-17,20H2,1-6H3/b9-8-,25-19+. The average molecular weight is 541 g/mol. The third kappa shape index (κ3) is 7.01. The van der Waals surface area contributed by atoms with E-state index in [1.165, 1.54) is 23.3 Å². The summed E-state index contributed by atoms with van der Waals surface area (Å²) in [5.41, 5.74) is 7.15. The van der Waals surface area contributed by atoms with Gasteiger partial charge in [-0.25, -0.2) is 9.97 Å². The molecule has 4 rings (SSSR count). The van der Waals surface area contributed by atoms with Gasteiger partial charge in [0.1, 0.15) is 0 Å². The number of ether oxygens (including phenoxy) is 1. The highest BCUT2D eigenvalue weighted by Gasteiger charge is 2.24. The van der Waals surface area contributed by atoms with Crippen LogP contribution in [0.25, 0.3) is 15.8 Å². The first-order valence-corrected chi connectivity index (χ1v) is 14.6. The molecule has 2 aromatic heterocycles. The average Bonchev–Trinajstić information content (AvgIpc) is 3.32. The number of hydrogen-bond donors (Lipinski definition) is 1. The summed E-state index contributed by atoms with van der Waals surface area (Å²) in [7, 11) is 6.01. The van der Waals surface area contributed by atoms with Crippen LogP contribution < -0.4 is 10.4 Å². The number of allylic oxidation sites excluding steroid dienone is 5. The molecule has 1 N–H and O–H groups in total. The third-order valence-corrected chi connectivity index (χ3v) is 8.40. The number of nitrogens with zero attached hydrogens (tertiary/aromatic N) is 5. The number of piperidine rings is 1. The molecule has 0 radical (unpaired) electrons. The molecule has 2 aliphatic heterocycles. The lowest BCUT2D eigenvalue weighted by Gasteiger charge is -2.34. The number of anilines is 1. The van der Waals surface area contributed by atoms with Gasteiger partial charge in [0.2, 0.25) is 0 Å². The van der Waals surface area contributed by atoms with E-state index in [9.17, 15) is 0 Å². The predicted octanol–water partition coefficient (Wildman–Crippen LogP) is 4.85. The molecule has 0 aliphatic carbocycles. The monoisotopic (exact) mass is 540 g/mol. The van der Waals surface area contributed by atoms with Gasteiger partial charge in [-0.3, -0.25) is 15.2 Å². The highest BCUT2D eigenvalue weighted by Crippen LogP contribution is 2.36. The van der Waals surface area contributed by atoms with Crippen LogP contribution in [0.2, 0.25) is 0 Å². The summed E-state index contributed by atoms with van der Waals surface area (Å²) in [6.45, 7) is 12.7. The minimum atomic E-state index is 0.687. The van der Waals surface area contributed by atoms with Crippen molar-refractivity contribution in [2.24, 2.45) is 0 Å². The maximum atomic E-state index is 5.66. The molecule has 0 saturated carbocycles. The zero-order valence-corrected chi connectivity index (χ0v) is 24.7. The molecule has 2 fully saturated rings. The van der Waals surface area contributed by atoms with Crippen molar-refractivity contribution >= 4 is 32.9 Å². The van der Waals surface area contributed by atoms with Crippen LogP contribution in [0.4, 0.5) is 5.82 Å². The Bertz CT molecular complexity index is 1150. The van der Waals surface area contributed by atoms with E-state index in [4.69, 9.17) is 19.5 Å². The van der Waals surface area contributed by atoms with E-state index in [2.05, 4.69) is 73.3 Å². The molecule has 0 atom stereocenters. The molecule has 2 aromatic rings. The third-order valence-electron chi connectivity index (χ3n) is 7.29. The van der Waals surface area contributed by atoms with Crippen molar-refractivity contribution in [2.75, 3.05) is 65.5 Å². The van der Waals surface area contributed by atoms with E-state index in [0.29, 0.717) is 25.1 Å². The van der Waals surface area contributed by atoms with Gasteiger partial charge in [-0.1, -0.05) is 24.6 Å². The van der Waals surface area contributed by atoms with Gasteiger partial charge in [0.25, 0.3) is 0 Å². The summed E-state index contributed by atoms with van der Waals surface area (Å²) in [5.74, 6) is 1.71. The van der Waals surface area contributed by atoms with E-state index in [1.807, 2.05) is 17.5 Å². The maximum Gasteiger partial charge on any atom is 0.164 e. The van der Waals surface area contributed by atoms with Crippen LogP contribution in [0.5, 0.6) is 0 Å². The minimum absolute atomic E-state index is 0.687. The molecule has 9 heteroatoms. The van der Waals surface area contributed by atoms with E-state index in [0.717, 1.165) is 66.3 Å². The van der Waals surface area contributed by atoms with Gasteiger partial charge < -0.3 is 14.5 Å². The number of likely N-dealkylation sites (tertiary alicyclic amines) is 1. The Balaban J connectivity index is 1.73.